The van der Waals surface area contributed by atoms with Crippen LogP contribution in [0, 0.1) is 18.2 Å². The van der Waals surface area contributed by atoms with E-state index in [0.29, 0.717) is 12.4 Å². The van der Waals surface area contributed by atoms with Crippen molar-refractivity contribution in [3.8, 4) is 0 Å². The zero-order chi connectivity index (χ0) is 18.3. The number of likely N-dealkylation sites (tertiary alicyclic amines) is 1. The first-order valence-corrected chi connectivity index (χ1v) is 9.86. The molecule has 0 radical (unpaired) electrons. The second kappa shape index (κ2) is 6.80. The topological polar surface area (TPSA) is 56.7 Å². The maximum atomic E-state index is 14.3. The predicted molar refractivity (Wildman–Crippen MR) is 97.4 cm³/mol. The predicted octanol–water partition coefficient (Wildman–Crippen LogP) is 2.65. The number of aryl methyl sites for hydroxylation is 1. The van der Waals surface area contributed by atoms with Crippen molar-refractivity contribution in [2.75, 3.05) is 24.5 Å². The van der Waals surface area contributed by atoms with Gasteiger partial charge >= 0.3 is 0 Å². The molecule has 6 heteroatoms. The van der Waals surface area contributed by atoms with Crippen LogP contribution in [0.25, 0.3) is 0 Å². The number of halogens is 1. The minimum Gasteiger partial charge on any atom is -0.393 e. The molecule has 5 nitrogen and oxygen atoms in total. The van der Waals surface area contributed by atoms with Crippen molar-refractivity contribution >= 4 is 11.7 Å². The highest BCUT2D eigenvalue weighted by Crippen LogP contribution is 2.43. The maximum Gasteiger partial charge on any atom is 0.230 e. The van der Waals surface area contributed by atoms with E-state index in [9.17, 15) is 14.3 Å². The Hall–Kier alpha value is -1.69. The fourth-order valence-electron chi connectivity index (χ4n) is 5.00. The Kier molecular flexibility index (Phi) is 4.63. The highest BCUT2D eigenvalue weighted by Gasteiger charge is 2.51. The molecular formula is C20H28FN3O2. The molecule has 4 rings (SSSR count). The molecule has 1 amide bonds. The van der Waals surface area contributed by atoms with Gasteiger partial charge in [0.1, 0.15) is 0 Å². The van der Waals surface area contributed by atoms with Gasteiger partial charge in [0, 0.05) is 31.4 Å². The van der Waals surface area contributed by atoms with Gasteiger partial charge in [-0.15, -0.1) is 0 Å². The molecule has 0 bridgehead atoms. The van der Waals surface area contributed by atoms with Crippen molar-refractivity contribution in [2.24, 2.45) is 5.41 Å². The summed E-state index contributed by atoms with van der Waals surface area (Å²) in [6.45, 7) is 3.96. The fourth-order valence-corrected chi connectivity index (χ4v) is 5.00. The van der Waals surface area contributed by atoms with E-state index < -0.39 is 5.41 Å². The van der Waals surface area contributed by atoms with Gasteiger partial charge in [-0.05, 0) is 64.0 Å². The number of hydrogen-bond acceptors (Lipinski definition) is 4. The Labute approximate surface area is 154 Å². The van der Waals surface area contributed by atoms with Crippen LogP contribution >= 0.6 is 0 Å². The summed E-state index contributed by atoms with van der Waals surface area (Å²) < 4.78 is 14.3. The van der Waals surface area contributed by atoms with Crippen LogP contribution in [-0.4, -0.2) is 52.7 Å². The summed E-state index contributed by atoms with van der Waals surface area (Å²) in [5.74, 6) is 0.309. The Bertz CT molecular complexity index is 690. The Morgan fingerprint density at radius 1 is 1.19 bits per heavy atom. The van der Waals surface area contributed by atoms with E-state index in [1.165, 1.54) is 6.07 Å². The average Bonchev–Trinajstić information content (AvgIpc) is 2.94. The number of nitrogens with zero attached hydrogens (tertiary/aromatic N) is 3. The summed E-state index contributed by atoms with van der Waals surface area (Å²) in [6, 6.07) is 3.41. The number of carbonyl (C=O) groups is 1. The number of hydrogen-bond donors (Lipinski definition) is 1. The van der Waals surface area contributed by atoms with Gasteiger partial charge in [-0.3, -0.25) is 4.79 Å². The molecule has 0 aromatic carbocycles. The first-order chi connectivity index (χ1) is 12.5. The molecule has 2 saturated heterocycles. The minimum atomic E-state index is -0.397. The highest BCUT2D eigenvalue weighted by atomic mass is 19.1. The third-order valence-electron chi connectivity index (χ3n) is 6.50. The van der Waals surface area contributed by atoms with Crippen LogP contribution in [-0.2, 0) is 4.79 Å². The SMILES string of the molecule is Cc1ccc(F)c(N2CCC[C@@]3(CCN([C@H]4CC[C@H](O)CC4)C3=O)C2)n1. The number of anilines is 1. The van der Waals surface area contributed by atoms with Crippen molar-refractivity contribution < 1.29 is 14.3 Å². The average molecular weight is 361 g/mol. The van der Waals surface area contributed by atoms with E-state index in [4.69, 9.17) is 0 Å². The highest BCUT2D eigenvalue weighted by molar-refractivity contribution is 5.86. The largest absolute Gasteiger partial charge is 0.393 e. The second-order valence-electron chi connectivity index (χ2n) is 8.27. The second-order valence-corrected chi connectivity index (χ2v) is 8.27. The van der Waals surface area contributed by atoms with Gasteiger partial charge in [-0.1, -0.05) is 0 Å². The van der Waals surface area contributed by atoms with E-state index in [2.05, 4.69) is 9.88 Å². The Morgan fingerprint density at radius 2 is 1.96 bits per heavy atom. The van der Waals surface area contributed by atoms with Crippen LogP contribution in [0.3, 0.4) is 0 Å². The van der Waals surface area contributed by atoms with Gasteiger partial charge in [0.25, 0.3) is 0 Å². The summed E-state index contributed by atoms with van der Waals surface area (Å²) >= 11 is 0. The number of aliphatic hydroxyl groups is 1. The number of aliphatic hydroxyl groups excluding tert-OH is 1. The number of amides is 1. The van der Waals surface area contributed by atoms with Gasteiger partial charge in [-0.25, -0.2) is 9.37 Å². The lowest BCUT2D eigenvalue weighted by Crippen LogP contribution is -2.50. The zero-order valence-corrected chi connectivity index (χ0v) is 15.5. The molecule has 1 aliphatic carbocycles. The minimum absolute atomic E-state index is 0.210. The van der Waals surface area contributed by atoms with Gasteiger partial charge in [0.05, 0.1) is 11.5 Å². The number of pyridine rings is 1. The standard InChI is InChI=1S/C20H28FN3O2/c1-14-3-8-17(21)18(22-14)23-11-2-9-20(13-23)10-12-24(19(20)26)15-4-6-16(25)7-5-15/h3,8,15-16,25H,2,4-7,9-13H2,1H3/t15-,16-,20-/m1/s1. The molecule has 1 spiro atoms. The molecule has 3 heterocycles. The normalized spacial score (nSPS) is 32.5. The zero-order valence-electron chi connectivity index (χ0n) is 15.5. The van der Waals surface area contributed by atoms with Gasteiger partial charge in [-0.2, -0.15) is 0 Å². The summed E-state index contributed by atoms with van der Waals surface area (Å²) in [7, 11) is 0. The Morgan fingerprint density at radius 3 is 2.73 bits per heavy atom. The number of aromatic nitrogens is 1. The molecule has 2 aliphatic heterocycles. The van der Waals surface area contributed by atoms with E-state index in [0.717, 1.165) is 63.7 Å². The van der Waals surface area contributed by atoms with E-state index in [-0.39, 0.29) is 23.9 Å². The molecule has 0 unspecified atom stereocenters. The van der Waals surface area contributed by atoms with Crippen molar-refractivity contribution in [1.82, 2.24) is 9.88 Å². The lowest BCUT2D eigenvalue weighted by molar-refractivity contribution is -0.139. The molecule has 142 valence electrons. The van der Waals surface area contributed by atoms with Crippen LogP contribution in [0.1, 0.15) is 50.6 Å². The molecule has 1 aromatic rings. The van der Waals surface area contributed by atoms with E-state index in [1.807, 2.05) is 11.8 Å². The lowest BCUT2D eigenvalue weighted by atomic mass is 9.78. The van der Waals surface area contributed by atoms with Crippen molar-refractivity contribution in [1.29, 1.82) is 0 Å². The molecule has 3 fully saturated rings. The molecule has 1 atom stereocenters. The number of rotatable bonds is 2. The van der Waals surface area contributed by atoms with Crippen LogP contribution in [0.2, 0.25) is 0 Å². The van der Waals surface area contributed by atoms with E-state index >= 15 is 0 Å². The van der Waals surface area contributed by atoms with E-state index in [1.54, 1.807) is 6.07 Å². The van der Waals surface area contributed by atoms with Crippen molar-refractivity contribution in [3.63, 3.8) is 0 Å². The van der Waals surface area contributed by atoms with Gasteiger partial charge in [0.15, 0.2) is 11.6 Å². The van der Waals surface area contributed by atoms with Crippen LogP contribution in [0.5, 0.6) is 0 Å². The number of carbonyl (C=O) groups excluding carboxylic acids is 1. The summed E-state index contributed by atoms with van der Waals surface area (Å²) in [5.41, 5.74) is 0.396. The molecular weight excluding hydrogens is 333 g/mol. The number of piperidine rings is 1. The quantitative estimate of drug-likeness (QED) is 0.880. The monoisotopic (exact) mass is 361 g/mol. The summed E-state index contributed by atoms with van der Waals surface area (Å²) in [4.78, 5) is 21.7. The molecule has 3 aliphatic rings. The fraction of sp³-hybridized carbons (Fsp3) is 0.700. The molecule has 1 aromatic heterocycles. The van der Waals surface area contributed by atoms with Gasteiger partial charge < -0.3 is 14.9 Å². The molecule has 26 heavy (non-hydrogen) atoms. The van der Waals surface area contributed by atoms with Crippen LogP contribution in [0.15, 0.2) is 12.1 Å². The lowest BCUT2D eigenvalue weighted by Gasteiger charge is -2.41. The summed E-state index contributed by atoms with van der Waals surface area (Å²) in [5, 5.41) is 9.73. The van der Waals surface area contributed by atoms with Crippen molar-refractivity contribution in [3.05, 3.63) is 23.6 Å². The third kappa shape index (κ3) is 3.08. The molecule has 1 saturated carbocycles. The van der Waals surface area contributed by atoms with Gasteiger partial charge in [0.2, 0.25) is 5.91 Å². The van der Waals surface area contributed by atoms with Crippen LogP contribution < -0.4 is 4.90 Å². The Balaban J connectivity index is 1.51. The smallest absolute Gasteiger partial charge is 0.230 e. The molecule has 1 N–H and O–H groups in total. The van der Waals surface area contributed by atoms with Crippen molar-refractivity contribution in [2.45, 2.75) is 64.0 Å². The first-order valence-electron chi connectivity index (χ1n) is 9.86. The van der Waals surface area contributed by atoms with Crippen LogP contribution in [0.4, 0.5) is 10.2 Å². The maximum absolute atomic E-state index is 14.3. The third-order valence-corrected chi connectivity index (χ3v) is 6.50. The summed E-state index contributed by atoms with van der Waals surface area (Å²) in [6.07, 6.45) is 5.74. The first kappa shape index (κ1) is 17.7.